The van der Waals surface area contributed by atoms with Crippen LogP contribution in [-0.4, -0.2) is 22.8 Å². The first-order valence-corrected chi connectivity index (χ1v) is 9.05. The smallest absolute Gasteiger partial charge is 0.417 e. The summed E-state index contributed by atoms with van der Waals surface area (Å²) in [7, 11) is 0. The van der Waals surface area contributed by atoms with E-state index in [1.165, 1.54) is 11.3 Å². The van der Waals surface area contributed by atoms with Crippen molar-refractivity contribution in [1.29, 1.82) is 0 Å². The first kappa shape index (κ1) is 18.7. The molecular weight excluding hydrogens is 366 g/mol. The molecule has 0 unspecified atom stereocenters. The van der Waals surface area contributed by atoms with Gasteiger partial charge in [-0.3, -0.25) is 10.6 Å². The monoisotopic (exact) mass is 385 g/mol. The molecule has 0 saturated carbocycles. The highest BCUT2D eigenvalue weighted by Gasteiger charge is 2.17. The van der Waals surface area contributed by atoms with Crippen LogP contribution in [0.25, 0.3) is 10.2 Å². The van der Waals surface area contributed by atoms with Gasteiger partial charge in [0.15, 0.2) is 5.13 Å². The molecule has 2 aromatic carbocycles. The highest BCUT2D eigenvalue weighted by Crippen LogP contribution is 2.29. The third-order valence-corrected chi connectivity index (χ3v) is 4.13. The van der Waals surface area contributed by atoms with Gasteiger partial charge in [-0.1, -0.05) is 29.5 Å². The van der Waals surface area contributed by atoms with Gasteiger partial charge in [-0.15, -0.1) is 0 Å². The molecule has 0 aliphatic heterocycles. The van der Waals surface area contributed by atoms with Gasteiger partial charge in [-0.2, -0.15) is 0 Å². The maximum atomic E-state index is 12.0. The predicted octanol–water partition coefficient (Wildman–Crippen LogP) is 5.25. The molecule has 3 aromatic rings. The largest absolute Gasteiger partial charge is 0.444 e. The van der Waals surface area contributed by atoms with Gasteiger partial charge < -0.3 is 9.47 Å². The Morgan fingerprint density at radius 3 is 2.44 bits per heavy atom. The third kappa shape index (κ3) is 5.42. The maximum absolute atomic E-state index is 12.0. The van der Waals surface area contributed by atoms with Crippen LogP contribution < -0.4 is 15.4 Å². The number of fused-ring (bicyclic) bond motifs is 1. The second-order valence-electron chi connectivity index (χ2n) is 6.66. The molecule has 0 radical (unpaired) electrons. The lowest BCUT2D eigenvalue weighted by Crippen LogP contribution is -2.27. The van der Waals surface area contributed by atoms with Crippen molar-refractivity contribution in [2.75, 3.05) is 10.6 Å². The zero-order valence-corrected chi connectivity index (χ0v) is 15.9. The van der Waals surface area contributed by atoms with Crippen molar-refractivity contribution in [2.45, 2.75) is 26.4 Å². The SMILES string of the molecule is CC(C)(C)OC(=O)Nc1nc2ccc(NC(=O)Oc3ccccc3)cc2s1. The second-order valence-corrected chi connectivity index (χ2v) is 7.69. The van der Waals surface area contributed by atoms with Gasteiger partial charge in [0.2, 0.25) is 0 Å². The van der Waals surface area contributed by atoms with Crippen molar-refractivity contribution < 1.29 is 19.1 Å². The molecule has 0 fully saturated rings. The predicted molar refractivity (Wildman–Crippen MR) is 106 cm³/mol. The van der Waals surface area contributed by atoms with Crippen molar-refractivity contribution in [2.24, 2.45) is 0 Å². The molecule has 0 aliphatic rings. The molecule has 8 heteroatoms. The summed E-state index contributed by atoms with van der Waals surface area (Å²) >= 11 is 1.28. The lowest BCUT2D eigenvalue weighted by Gasteiger charge is -2.18. The van der Waals surface area contributed by atoms with Crippen LogP contribution in [-0.2, 0) is 4.74 Å². The molecule has 27 heavy (non-hydrogen) atoms. The van der Waals surface area contributed by atoms with E-state index < -0.39 is 17.8 Å². The molecule has 0 saturated heterocycles. The van der Waals surface area contributed by atoms with Crippen LogP contribution in [0.4, 0.5) is 20.4 Å². The summed E-state index contributed by atoms with van der Waals surface area (Å²) in [6.07, 6.45) is -1.15. The first-order valence-electron chi connectivity index (χ1n) is 8.23. The molecular formula is C19H19N3O4S. The standard InChI is InChI=1S/C19H19N3O4S/c1-19(2,3)26-18(24)22-16-21-14-10-9-12(11-15(14)27-16)20-17(23)25-13-7-5-4-6-8-13/h4-11H,1-3H3,(H,20,23)(H,21,22,24). The number of anilines is 2. The van der Waals surface area contributed by atoms with E-state index in [0.717, 1.165) is 4.70 Å². The van der Waals surface area contributed by atoms with Crippen LogP contribution >= 0.6 is 11.3 Å². The Hall–Kier alpha value is -3.13. The molecule has 2 N–H and O–H groups in total. The lowest BCUT2D eigenvalue weighted by molar-refractivity contribution is 0.0636. The van der Waals surface area contributed by atoms with E-state index in [1.54, 1.807) is 63.2 Å². The van der Waals surface area contributed by atoms with E-state index in [9.17, 15) is 9.59 Å². The summed E-state index contributed by atoms with van der Waals surface area (Å²) in [6.45, 7) is 5.37. The number of aromatic nitrogens is 1. The summed E-state index contributed by atoms with van der Waals surface area (Å²) in [5, 5.41) is 5.70. The Labute approximate surface area is 160 Å². The Balaban J connectivity index is 1.66. The topological polar surface area (TPSA) is 89.5 Å². The molecule has 0 bridgehead atoms. The molecule has 0 aliphatic carbocycles. The Bertz CT molecular complexity index is 964. The Morgan fingerprint density at radius 1 is 1.00 bits per heavy atom. The Morgan fingerprint density at radius 2 is 1.74 bits per heavy atom. The summed E-state index contributed by atoms with van der Waals surface area (Å²) in [5.41, 5.74) is 0.681. The number of carbonyl (C=O) groups excluding carboxylic acids is 2. The van der Waals surface area contributed by atoms with Gasteiger partial charge in [-0.05, 0) is 51.1 Å². The highest BCUT2D eigenvalue weighted by molar-refractivity contribution is 7.22. The van der Waals surface area contributed by atoms with E-state index >= 15 is 0 Å². The molecule has 3 rings (SSSR count). The van der Waals surface area contributed by atoms with E-state index in [0.29, 0.717) is 22.1 Å². The van der Waals surface area contributed by atoms with Gasteiger partial charge in [0.25, 0.3) is 0 Å². The number of amides is 2. The number of ether oxygens (including phenoxy) is 2. The quantitative estimate of drug-likeness (QED) is 0.642. The first-order chi connectivity index (χ1) is 12.8. The van der Waals surface area contributed by atoms with Crippen molar-refractivity contribution >= 4 is 44.6 Å². The van der Waals surface area contributed by atoms with Crippen molar-refractivity contribution in [1.82, 2.24) is 4.98 Å². The van der Waals surface area contributed by atoms with E-state index in [2.05, 4.69) is 15.6 Å². The fraction of sp³-hybridized carbons (Fsp3) is 0.211. The second kappa shape index (κ2) is 7.63. The van der Waals surface area contributed by atoms with Gasteiger partial charge in [0.05, 0.1) is 10.2 Å². The summed E-state index contributed by atoms with van der Waals surface area (Å²) < 4.78 is 11.2. The highest BCUT2D eigenvalue weighted by atomic mass is 32.1. The van der Waals surface area contributed by atoms with Crippen molar-refractivity contribution in [3.8, 4) is 5.75 Å². The van der Waals surface area contributed by atoms with Crippen LogP contribution in [0.3, 0.4) is 0 Å². The number of thiazole rings is 1. The van der Waals surface area contributed by atoms with Gasteiger partial charge in [0, 0.05) is 5.69 Å². The number of nitrogens with zero attached hydrogens (tertiary/aromatic N) is 1. The van der Waals surface area contributed by atoms with Crippen LogP contribution in [0.5, 0.6) is 5.75 Å². The maximum Gasteiger partial charge on any atom is 0.417 e. The van der Waals surface area contributed by atoms with E-state index in [-0.39, 0.29) is 0 Å². The van der Waals surface area contributed by atoms with E-state index in [1.807, 2.05) is 6.07 Å². The summed E-state index contributed by atoms with van der Waals surface area (Å²) in [5.74, 6) is 0.456. The van der Waals surface area contributed by atoms with Crippen LogP contribution in [0, 0.1) is 0 Å². The van der Waals surface area contributed by atoms with E-state index in [4.69, 9.17) is 9.47 Å². The van der Waals surface area contributed by atoms with Crippen molar-refractivity contribution in [3.63, 3.8) is 0 Å². The number of benzene rings is 2. The summed E-state index contributed by atoms with van der Waals surface area (Å²) in [6, 6.07) is 14.0. The molecule has 140 valence electrons. The van der Waals surface area contributed by atoms with Gasteiger partial charge in [-0.25, -0.2) is 14.6 Å². The van der Waals surface area contributed by atoms with Crippen molar-refractivity contribution in [3.05, 3.63) is 48.5 Å². The number of hydrogen-bond acceptors (Lipinski definition) is 6. The fourth-order valence-electron chi connectivity index (χ4n) is 2.19. The third-order valence-electron chi connectivity index (χ3n) is 3.20. The molecule has 0 atom stereocenters. The lowest BCUT2D eigenvalue weighted by atomic mass is 10.2. The average Bonchev–Trinajstić information content (AvgIpc) is 2.95. The molecule has 2 amide bonds. The average molecular weight is 385 g/mol. The Kier molecular flexibility index (Phi) is 5.27. The number of hydrogen-bond donors (Lipinski definition) is 2. The molecule has 1 heterocycles. The minimum absolute atomic E-state index is 0.420. The van der Waals surface area contributed by atoms with Gasteiger partial charge in [0.1, 0.15) is 11.4 Å². The number of carbonyl (C=O) groups is 2. The van der Waals surface area contributed by atoms with Crippen LogP contribution in [0.1, 0.15) is 20.8 Å². The molecule has 1 aromatic heterocycles. The van der Waals surface area contributed by atoms with Crippen LogP contribution in [0.2, 0.25) is 0 Å². The molecule has 7 nitrogen and oxygen atoms in total. The zero-order valence-electron chi connectivity index (χ0n) is 15.1. The molecule has 0 spiro atoms. The van der Waals surface area contributed by atoms with Crippen LogP contribution in [0.15, 0.2) is 48.5 Å². The minimum Gasteiger partial charge on any atom is -0.444 e. The zero-order chi connectivity index (χ0) is 19.4. The fourth-order valence-corrected chi connectivity index (χ4v) is 3.08. The number of nitrogens with one attached hydrogen (secondary N) is 2. The minimum atomic E-state index is -0.586. The summed E-state index contributed by atoms with van der Waals surface area (Å²) in [4.78, 5) is 28.2. The number of rotatable bonds is 3. The normalized spacial score (nSPS) is 11.1. The number of para-hydroxylation sites is 1. The van der Waals surface area contributed by atoms with Gasteiger partial charge >= 0.3 is 12.2 Å².